The second-order valence-corrected chi connectivity index (χ2v) is 4.29. The van der Waals surface area contributed by atoms with Gasteiger partial charge in [-0.25, -0.2) is 4.98 Å². The number of benzene rings is 1. The van der Waals surface area contributed by atoms with Crippen molar-refractivity contribution in [3.05, 3.63) is 53.3 Å². The minimum atomic E-state index is 0.271. The Balaban J connectivity index is 2.17. The number of hydrogen-bond donors (Lipinski definition) is 0. The Kier molecular flexibility index (Phi) is 4.80. The largest absolute Gasteiger partial charge is 0.497 e. The molecule has 0 atom stereocenters. The summed E-state index contributed by atoms with van der Waals surface area (Å²) in [6, 6.07) is 11.1. The van der Waals surface area contributed by atoms with E-state index in [-0.39, 0.29) is 6.61 Å². The number of nitrogens with zero attached hydrogens (tertiary/aromatic N) is 2. The Morgan fingerprint density at radius 2 is 2.15 bits per heavy atom. The lowest BCUT2D eigenvalue weighted by atomic mass is 10.2. The van der Waals surface area contributed by atoms with E-state index in [1.807, 2.05) is 18.2 Å². The minimum absolute atomic E-state index is 0.271. The predicted octanol–water partition coefficient (Wildman–Crippen LogP) is 3.28. The van der Waals surface area contributed by atoms with E-state index in [0.29, 0.717) is 17.3 Å². The lowest BCUT2D eigenvalue weighted by Crippen LogP contribution is -2.01. The molecular weight excluding hydrogens is 276 g/mol. The van der Waals surface area contributed by atoms with E-state index in [4.69, 9.17) is 26.3 Å². The third-order valence-corrected chi connectivity index (χ3v) is 3.08. The van der Waals surface area contributed by atoms with Crippen LogP contribution in [0.3, 0.4) is 0 Å². The van der Waals surface area contributed by atoms with E-state index in [1.165, 1.54) is 0 Å². The first-order valence-electron chi connectivity index (χ1n) is 5.98. The van der Waals surface area contributed by atoms with Crippen LogP contribution in [-0.4, -0.2) is 12.1 Å². The van der Waals surface area contributed by atoms with Crippen LogP contribution in [0.5, 0.6) is 11.5 Å². The van der Waals surface area contributed by atoms with Crippen LogP contribution in [0.25, 0.3) is 0 Å². The molecule has 0 aliphatic rings. The number of hydrogen-bond acceptors (Lipinski definition) is 4. The van der Waals surface area contributed by atoms with Gasteiger partial charge in [0.25, 0.3) is 0 Å². The van der Waals surface area contributed by atoms with Gasteiger partial charge in [-0.05, 0) is 24.3 Å². The van der Waals surface area contributed by atoms with Crippen LogP contribution in [0.4, 0.5) is 0 Å². The highest BCUT2D eigenvalue weighted by molar-refractivity contribution is 6.17. The van der Waals surface area contributed by atoms with Gasteiger partial charge in [-0.1, -0.05) is 6.07 Å². The fourth-order valence-corrected chi connectivity index (χ4v) is 1.95. The molecule has 0 bridgehead atoms. The summed E-state index contributed by atoms with van der Waals surface area (Å²) in [5.74, 6) is 1.73. The van der Waals surface area contributed by atoms with Crippen molar-refractivity contribution >= 4 is 11.6 Å². The number of pyridine rings is 1. The van der Waals surface area contributed by atoms with E-state index in [9.17, 15) is 0 Å². The summed E-state index contributed by atoms with van der Waals surface area (Å²) in [4.78, 5) is 3.99. The highest BCUT2D eigenvalue weighted by atomic mass is 35.5. The first-order valence-corrected chi connectivity index (χ1v) is 6.51. The molecule has 0 spiro atoms. The van der Waals surface area contributed by atoms with Gasteiger partial charge >= 0.3 is 0 Å². The van der Waals surface area contributed by atoms with Crippen molar-refractivity contribution in [3.63, 3.8) is 0 Å². The maximum absolute atomic E-state index is 8.98. The third-order valence-electron chi connectivity index (χ3n) is 2.79. The van der Waals surface area contributed by atoms with Crippen LogP contribution in [-0.2, 0) is 12.5 Å². The Morgan fingerprint density at radius 1 is 1.30 bits per heavy atom. The van der Waals surface area contributed by atoms with Gasteiger partial charge in [0, 0.05) is 17.3 Å². The zero-order chi connectivity index (χ0) is 14.4. The van der Waals surface area contributed by atoms with Crippen LogP contribution < -0.4 is 9.47 Å². The molecule has 0 saturated carbocycles. The molecule has 1 aromatic carbocycles. The second kappa shape index (κ2) is 6.78. The van der Waals surface area contributed by atoms with Gasteiger partial charge < -0.3 is 9.47 Å². The quantitative estimate of drug-likeness (QED) is 0.792. The molecular formula is C15H13ClN2O2. The summed E-state index contributed by atoms with van der Waals surface area (Å²) in [6.45, 7) is 0.271. The molecule has 0 aliphatic heterocycles. The molecule has 0 N–H and O–H groups in total. The van der Waals surface area contributed by atoms with E-state index >= 15 is 0 Å². The Labute approximate surface area is 122 Å². The number of aromatic nitrogens is 1. The van der Waals surface area contributed by atoms with Crippen LogP contribution in [0, 0.1) is 11.3 Å². The molecule has 0 radical (unpaired) electrons. The van der Waals surface area contributed by atoms with Gasteiger partial charge in [0.1, 0.15) is 29.9 Å². The van der Waals surface area contributed by atoms with Crippen LogP contribution in [0.15, 0.2) is 36.5 Å². The van der Waals surface area contributed by atoms with Crippen molar-refractivity contribution in [2.45, 2.75) is 12.5 Å². The van der Waals surface area contributed by atoms with E-state index < -0.39 is 0 Å². The predicted molar refractivity (Wildman–Crippen MR) is 75.8 cm³/mol. The lowest BCUT2D eigenvalue weighted by molar-refractivity contribution is 0.302. The summed E-state index contributed by atoms with van der Waals surface area (Å²) in [7, 11) is 1.60. The lowest BCUT2D eigenvalue weighted by Gasteiger charge is -2.11. The van der Waals surface area contributed by atoms with Gasteiger partial charge in [0.05, 0.1) is 13.0 Å². The van der Waals surface area contributed by atoms with Crippen molar-refractivity contribution < 1.29 is 9.47 Å². The fourth-order valence-electron chi connectivity index (χ4n) is 1.74. The molecule has 4 nitrogen and oxygen atoms in total. The van der Waals surface area contributed by atoms with E-state index in [0.717, 1.165) is 16.9 Å². The molecule has 1 aromatic heterocycles. The molecule has 2 rings (SSSR count). The zero-order valence-corrected chi connectivity index (χ0v) is 11.7. The van der Waals surface area contributed by atoms with E-state index in [2.05, 4.69) is 4.98 Å². The van der Waals surface area contributed by atoms with Crippen molar-refractivity contribution in [2.75, 3.05) is 7.11 Å². The summed E-state index contributed by atoms with van der Waals surface area (Å²) < 4.78 is 10.9. The Morgan fingerprint density at radius 3 is 2.85 bits per heavy atom. The van der Waals surface area contributed by atoms with Gasteiger partial charge in [0.2, 0.25) is 0 Å². The van der Waals surface area contributed by atoms with Crippen molar-refractivity contribution in [1.82, 2.24) is 4.98 Å². The molecule has 1 heterocycles. The monoisotopic (exact) mass is 288 g/mol. The van der Waals surface area contributed by atoms with Crippen LogP contribution in [0.2, 0.25) is 0 Å². The Bertz CT molecular complexity index is 638. The summed E-state index contributed by atoms with van der Waals surface area (Å²) in [5, 5.41) is 8.98. The number of rotatable bonds is 5. The summed E-state index contributed by atoms with van der Waals surface area (Å²) in [6.07, 6.45) is 1.58. The molecule has 2 aromatic rings. The molecule has 5 heteroatoms. The number of nitriles is 1. The first-order chi connectivity index (χ1) is 9.78. The maximum atomic E-state index is 8.98. The topological polar surface area (TPSA) is 55.1 Å². The SMILES string of the molecule is COc1ccc(OCc2cccnc2C#N)c(CCl)c1. The van der Waals surface area contributed by atoms with Gasteiger partial charge in [0.15, 0.2) is 0 Å². The maximum Gasteiger partial charge on any atom is 0.147 e. The van der Waals surface area contributed by atoms with Gasteiger partial charge in [-0.3, -0.25) is 0 Å². The highest BCUT2D eigenvalue weighted by Gasteiger charge is 2.07. The molecule has 0 amide bonds. The van der Waals surface area contributed by atoms with Gasteiger partial charge in [-0.15, -0.1) is 11.6 Å². The number of halogens is 1. The molecule has 0 saturated heterocycles. The standard InChI is InChI=1S/C15H13ClN2O2/c1-19-13-4-5-15(12(7-13)8-16)20-10-11-3-2-6-18-14(11)9-17/h2-7H,8,10H2,1H3. The Hall–Kier alpha value is -2.25. The fraction of sp³-hybridized carbons (Fsp3) is 0.200. The highest BCUT2D eigenvalue weighted by Crippen LogP contribution is 2.26. The van der Waals surface area contributed by atoms with Crippen molar-refractivity contribution in [1.29, 1.82) is 5.26 Å². The molecule has 102 valence electrons. The third kappa shape index (κ3) is 3.19. The van der Waals surface area contributed by atoms with Crippen LogP contribution in [0.1, 0.15) is 16.8 Å². The summed E-state index contributed by atoms with van der Waals surface area (Å²) in [5.41, 5.74) is 1.95. The van der Waals surface area contributed by atoms with E-state index in [1.54, 1.807) is 31.5 Å². The smallest absolute Gasteiger partial charge is 0.147 e. The summed E-state index contributed by atoms with van der Waals surface area (Å²) >= 11 is 5.90. The minimum Gasteiger partial charge on any atom is -0.497 e. The normalized spacial score (nSPS) is 9.85. The average Bonchev–Trinajstić information content (AvgIpc) is 2.52. The molecule has 0 aliphatic carbocycles. The number of methoxy groups -OCH3 is 1. The number of alkyl halides is 1. The average molecular weight is 289 g/mol. The first kappa shape index (κ1) is 14.2. The molecule has 20 heavy (non-hydrogen) atoms. The van der Waals surface area contributed by atoms with Crippen LogP contribution >= 0.6 is 11.6 Å². The molecule has 0 fully saturated rings. The number of ether oxygens (including phenoxy) is 2. The van der Waals surface area contributed by atoms with Gasteiger partial charge in [-0.2, -0.15) is 5.26 Å². The second-order valence-electron chi connectivity index (χ2n) is 4.02. The van der Waals surface area contributed by atoms with Crippen molar-refractivity contribution in [2.24, 2.45) is 0 Å². The van der Waals surface area contributed by atoms with Crippen molar-refractivity contribution in [3.8, 4) is 17.6 Å². The zero-order valence-electron chi connectivity index (χ0n) is 11.0. The molecule has 0 unspecified atom stereocenters.